The van der Waals surface area contributed by atoms with Crippen LogP contribution in [0, 0.1) is 0 Å². The molecule has 0 saturated carbocycles. The predicted octanol–water partition coefficient (Wildman–Crippen LogP) is 4.85. The molecule has 0 saturated heterocycles. The molecule has 0 aromatic heterocycles. The summed E-state index contributed by atoms with van der Waals surface area (Å²) in [6, 6.07) is 17.3. The minimum Gasteiger partial charge on any atom is -0.465 e. The smallest absolute Gasteiger partial charge is 0.339 e. The molecule has 0 spiro atoms. The number of hydrogen-bond donors (Lipinski definition) is 2. The molecular weight excluding hydrogens is 496 g/mol. The summed E-state index contributed by atoms with van der Waals surface area (Å²) < 4.78 is 34.1. The maximum absolute atomic E-state index is 13.0. The van der Waals surface area contributed by atoms with E-state index in [0.717, 1.165) is 10.0 Å². The first-order valence-corrected chi connectivity index (χ1v) is 11.9. The molecule has 0 aliphatic heterocycles. The number of carbonyl (C=O) groups is 2. The highest BCUT2D eigenvalue weighted by Gasteiger charge is 2.19. The molecule has 0 atom stereocenters. The third-order valence-electron chi connectivity index (χ3n) is 4.68. The van der Waals surface area contributed by atoms with Crippen molar-refractivity contribution in [2.75, 3.05) is 17.1 Å². The molecule has 32 heavy (non-hydrogen) atoms. The second kappa shape index (κ2) is 9.97. The SMILES string of the molecule is CCc1cc(Br)ccc1NS(=O)(=O)c1cccc(C(=O)Nc2ccccc2C(=O)OC)c1. The van der Waals surface area contributed by atoms with Gasteiger partial charge in [0.25, 0.3) is 15.9 Å². The number of aryl methyl sites for hydroxylation is 1. The summed E-state index contributed by atoms with van der Waals surface area (Å²) in [7, 11) is -2.68. The molecule has 1 amide bonds. The van der Waals surface area contributed by atoms with Gasteiger partial charge in [0.2, 0.25) is 0 Å². The number of para-hydroxylation sites is 1. The van der Waals surface area contributed by atoms with Gasteiger partial charge in [-0.15, -0.1) is 0 Å². The van der Waals surface area contributed by atoms with Gasteiger partial charge >= 0.3 is 5.97 Å². The monoisotopic (exact) mass is 516 g/mol. The molecular formula is C23H21BrN2O5S. The highest BCUT2D eigenvalue weighted by atomic mass is 79.9. The number of hydrogen-bond acceptors (Lipinski definition) is 5. The van der Waals surface area contributed by atoms with Gasteiger partial charge in [0.05, 0.1) is 28.9 Å². The summed E-state index contributed by atoms with van der Waals surface area (Å²) in [6.07, 6.45) is 0.638. The lowest BCUT2D eigenvalue weighted by Gasteiger charge is -2.13. The molecule has 0 radical (unpaired) electrons. The Hall–Kier alpha value is -3.17. The van der Waals surface area contributed by atoms with E-state index in [9.17, 15) is 18.0 Å². The van der Waals surface area contributed by atoms with Crippen molar-refractivity contribution in [2.45, 2.75) is 18.2 Å². The summed E-state index contributed by atoms with van der Waals surface area (Å²) in [4.78, 5) is 24.6. The lowest BCUT2D eigenvalue weighted by atomic mass is 10.1. The van der Waals surface area contributed by atoms with Gasteiger partial charge in [0.15, 0.2) is 0 Å². The van der Waals surface area contributed by atoms with Crippen LogP contribution in [-0.2, 0) is 21.2 Å². The minimum absolute atomic E-state index is 0.0589. The van der Waals surface area contributed by atoms with Crippen LogP contribution in [0.15, 0.2) is 76.1 Å². The summed E-state index contributed by atoms with van der Waals surface area (Å²) in [5, 5.41) is 2.63. The number of benzene rings is 3. The molecule has 166 valence electrons. The Morgan fingerprint density at radius 3 is 2.44 bits per heavy atom. The summed E-state index contributed by atoms with van der Waals surface area (Å²) in [6.45, 7) is 1.93. The summed E-state index contributed by atoms with van der Waals surface area (Å²) in [5.74, 6) is -1.15. The zero-order valence-corrected chi connectivity index (χ0v) is 19.8. The van der Waals surface area contributed by atoms with Crippen LogP contribution in [-0.4, -0.2) is 27.4 Å². The molecule has 9 heteroatoms. The van der Waals surface area contributed by atoms with Crippen LogP contribution in [0.3, 0.4) is 0 Å². The Kier molecular flexibility index (Phi) is 7.32. The van der Waals surface area contributed by atoms with E-state index in [1.807, 2.05) is 13.0 Å². The number of amides is 1. The van der Waals surface area contributed by atoms with Gasteiger partial charge in [-0.3, -0.25) is 9.52 Å². The van der Waals surface area contributed by atoms with Crippen LogP contribution in [0.2, 0.25) is 0 Å². The van der Waals surface area contributed by atoms with E-state index in [-0.39, 0.29) is 21.7 Å². The van der Waals surface area contributed by atoms with E-state index < -0.39 is 21.9 Å². The molecule has 3 rings (SSSR count). The van der Waals surface area contributed by atoms with E-state index in [0.29, 0.717) is 12.1 Å². The number of sulfonamides is 1. The number of anilines is 2. The number of halogens is 1. The molecule has 0 heterocycles. The lowest BCUT2D eigenvalue weighted by molar-refractivity contribution is 0.0602. The van der Waals surface area contributed by atoms with Gasteiger partial charge in [-0.1, -0.05) is 41.1 Å². The Morgan fingerprint density at radius 2 is 1.72 bits per heavy atom. The van der Waals surface area contributed by atoms with Crippen LogP contribution in [0.25, 0.3) is 0 Å². The average Bonchev–Trinajstić information content (AvgIpc) is 2.80. The zero-order chi connectivity index (χ0) is 23.3. The molecule has 3 aromatic carbocycles. The third kappa shape index (κ3) is 5.35. The van der Waals surface area contributed by atoms with E-state index in [1.165, 1.54) is 37.4 Å². The first-order valence-electron chi connectivity index (χ1n) is 9.65. The van der Waals surface area contributed by atoms with Gasteiger partial charge in [-0.25, -0.2) is 13.2 Å². The van der Waals surface area contributed by atoms with Gasteiger partial charge in [-0.2, -0.15) is 0 Å². The number of methoxy groups -OCH3 is 1. The molecule has 0 unspecified atom stereocenters. The van der Waals surface area contributed by atoms with Gasteiger partial charge < -0.3 is 10.1 Å². The van der Waals surface area contributed by atoms with E-state index >= 15 is 0 Å². The van der Waals surface area contributed by atoms with Crippen molar-refractivity contribution in [3.8, 4) is 0 Å². The normalized spacial score (nSPS) is 11.0. The quantitative estimate of drug-likeness (QED) is 0.437. The van der Waals surface area contributed by atoms with Crippen molar-refractivity contribution in [1.82, 2.24) is 0 Å². The van der Waals surface area contributed by atoms with Crippen LogP contribution in [0.4, 0.5) is 11.4 Å². The van der Waals surface area contributed by atoms with Crippen molar-refractivity contribution in [3.63, 3.8) is 0 Å². The standard InChI is InChI=1S/C23H21BrN2O5S/c1-3-15-13-17(24)11-12-20(15)26-32(29,30)18-8-6-7-16(14-18)22(27)25-21-10-5-4-9-19(21)23(28)31-2/h4-14,26H,3H2,1-2H3,(H,25,27). The Bertz CT molecular complexity index is 1270. The first kappa shape index (κ1) is 23.5. The Morgan fingerprint density at radius 1 is 0.969 bits per heavy atom. The number of esters is 1. The van der Waals surface area contributed by atoms with E-state index in [4.69, 9.17) is 4.74 Å². The van der Waals surface area contributed by atoms with Crippen molar-refractivity contribution < 1.29 is 22.7 Å². The maximum Gasteiger partial charge on any atom is 0.339 e. The molecule has 2 N–H and O–H groups in total. The van der Waals surface area contributed by atoms with Gasteiger partial charge in [0, 0.05) is 10.0 Å². The molecule has 0 fully saturated rings. The zero-order valence-electron chi connectivity index (χ0n) is 17.4. The molecule has 0 aliphatic rings. The van der Waals surface area contributed by atoms with E-state index in [1.54, 1.807) is 30.3 Å². The molecule has 7 nitrogen and oxygen atoms in total. The Labute approximate surface area is 195 Å². The fourth-order valence-electron chi connectivity index (χ4n) is 3.04. The van der Waals surface area contributed by atoms with Crippen LogP contribution >= 0.6 is 15.9 Å². The number of carbonyl (C=O) groups excluding carboxylic acids is 2. The predicted molar refractivity (Wildman–Crippen MR) is 127 cm³/mol. The number of rotatable bonds is 7. The van der Waals surface area contributed by atoms with Crippen molar-refractivity contribution in [3.05, 3.63) is 87.9 Å². The molecule has 0 bridgehead atoms. The minimum atomic E-state index is -3.93. The highest BCUT2D eigenvalue weighted by Crippen LogP contribution is 2.25. The van der Waals surface area contributed by atoms with Crippen LogP contribution < -0.4 is 10.0 Å². The van der Waals surface area contributed by atoms with Gasteiger partial charge in [-0.05, 0) is 60.5 Å². The molecule has 0 aliphatic carbocycles. The largest absolute Gasteiger partial charge is 0.465 e. The lowest BCUT2D eigenvalue weighted by Crippen LogP contribution is -2.17. The fraction of sp³-hybridized carbons (Fsp3) is 0.130. The van der Waals surface area contributed by atoms with Crippen LogP contribution in [0.1, 0.15) is 33.2 Å². The highest BCUT2D eigenvalue weighted by molar-refractivity contribution is 9.10. The Balaban J connectivity index is 1.87. The van der Waals surface area contributed by atoms with Crippen molar-refractivity contribution >= 4 is 49.2 Å². The number of ether oxygens (including phenoxy) is 1. The average molecular weight is 517 g/mol. The second-order valence-corrected chi connectivity index (χ2v) is 9.38. The van der Waals surface area contributed by atoms with Crippen LogP contribution in [0.5, 0.6) is 0 Å². The van der Waals surface area contributed by atoms with Crippen molar-refractivity contribution in [1.29, 1.82) is 0 Å². The molecule has 3 aromatic rings. The summed E-state index contributed by atoms with van der Waals surface area (Å²) in [5.41, 5.74) is 1.88. The van der Waals surface area contributed by atoms with Gasteiger partial charge in [0.1, 0.15) is 0 Å². The summed E-state index contributed by atoms with van der Waals surface area (Å²) >= 11 is 3.38. The second-order valence-electron chi connectivity index (χ2n) is 6.78. The fourth-order valence-corrected chi connectivity index (χ4v) is 4.59. The van der Waals surface area contributed by atoms with Crippen molar-refractivity contribution in [2.24, 2.45) is 0 Å². The van der Waals surface area contributed by atoms with E-state index in [2.05, 4.69) is 26.0 Å². The third-order valence-corrected chi connectivity index (χ3v) is 6.54. The number of nitrogens with one attached hydrogen (secondary N) is 2. The first-order chi connectivity index (χ1) is 15.2. The topological polar surface area (TPSA) is 102 Å². The maximum atomic E-state index is 13.0.